The zero-order chi connectivity index (χ0) is 14.7. The molecule has 2 atom stereocenters. The van der Waals surface area contributed by atoms with Crippen LogP contribution in [0.5, 0.6) is 0 Å². The van der Waals surface area contributed by atoms with Crippen LogP contribution in [0.2, 0.25) is 10.0 Å². The fourth-order valence-corrected chi connectivity index (χ4v) is 2.20. The number of halogens is 2. The van der Waals surface area contributed by atoms with E-state index < -0.39 is 17.9 Å². The molecule has 2 rings (SSSR count). The van der Waals surface area contributed by atoms with Gasteiger partial charge in [0.2, 0.25) is 0 Å². The first-order valence-corrected chi connectivity index (χ1v) is 6.65. The van der Waals surface area contributed by atoms with Crippen LogP contribution in [-0.4, -0.2) is 23.1 Å². The fourth-order valence-electron chi connectivity index (χ4n) is 1.90. The normalized spacial score (nSPS) is 20.7. The van der Waals surface area contributed by atoms with Crippen LogP contribution in [-0.2, 0) is 4.79 Å². The van der Waals surface area contributed by atoms with Crippen molar-refractivity contribution in [3.8, 4) is 0 Å². The Morgan fingerprint density at radius 1 is 1.20 bits per heavy atom. The molecule has 1 aromatic carbocycles. The number of benzene rings is 1. The first kappa shape index (κ1) is 14.7. The molecule has 0 saturated heterocycles. The number of urea groups is 1. The van der Waals surface area contributed by atoms with Crippen LogP contribution in [0.4, 0.5) is 10.5 Å². The molecule has 1 aromatic rings. The lowest BCUT2D eigenvalue weighted by Crippen LogP contribution is -2.36. The molecular weight excluding hydrogens is 303 g/mol. The summed E-state index contributed by atoms with van der Waals surface area (Å²) in [5, 5.41) is 14.9. The minimum absolute atomic E-state index is 0.293. The number of carboxylic acids is 1. The van der Waals surface area contributed by atoms with Gasteiger partial charge in [0.25, 0.3) is 0 Å². The molecule has 2 unspecified atom stereocenters. The van der Waals surface area contributed by atoms with Gasteiger partial charge in [0.15, 0.2) is 0 Å². The Labute approximate surface area is 125 Å². The molecule has 5 nitrogen and oxygen atoms in total. The molecule has 0 aliphatic heterocycles. The molecule has 106 valence electrons. The van der Waals surface area contributed by atoms with E-state index in [-0.39, 0.29) is 6.04 Å². The van der Waals surface area contributed by atoms with Crippen molar-refractivity contribution >= 4 is 40.9 Å². The number of amides is 2. The van der Waals surface area contributed by atoms with E-state index in [1.807, 2.05) is 0 Å². The van der Waals surface area contributed by atoms with Gasteiger partial charge in [0.05, 0.1) is 22.0 Å². The number of carboxylic acid groups (broad SMARTS) is 1. The van der Waals surface area contributed by atoms with Crippen LogP contribution in [0.3, 0.4) is 0 Å². The van der Waals surface area contributed by atoms with Gasteiger partial charge < -0.3 is 15.7 Å². The highest BCUT2D eigenvalue weighted by Gasteiger charge is 2.25. The first-order chi connectivity index (χ1) is 9.45. The van der Waals surface area contributed by atoms with Crippen molar-refractivity contribution in [2.24, 2.45) is 5.92 Å². The molecule has 0 fully saturated rings. The quantitative estimate of drug-likeness (QED) is 0.750. The Hall–Kier alpha value is -1.72. The number of hydrogen-bond donors (Lipinski definition) is 3. The summed E-state index contributed by atoms with van der Waals surface area (Å²) in [6, 6.07) is 4.02. The van der Waals surface area contributed by atoms with E-state index in [9.17, 15) is 9.59 Å². The summed E-state index contributed by atoms with van der Waals surface area (Å²) in [6.45, 7) is 0. The SMILES string of the molecule is O=C(Nc1ccc(Cl)c(Cl)c1)NC1C=CC(C(=O)O)C1. The summed E-state index contributed by atoms with van der Waals surface area (Å²) < 4.78 is 0. The lowest BCUT2D eigenvalue weighted by atomic mass is 10.1. The lowest BCUT2D eigenvalue weighted by molar-refractivity contribution is -0.140. The Balaban J connectivity index is 1.89. The molecule has 0 heterocycles. The van der Waals surface area contributed by atoms with Gasteiger partial charge >= 0.3 is 12.0 Å². The number of aliphatic carboxylic acids is 1. The third-order valence-electron chi connectivity index (χ3n) is 2.89. The number of carbonyl (C=O) groups is 2. The van der Waals surface area contributed by atoms with E-state index in [1.54, 1.807) is 24.3 Å². The molecule has 0 bridgehead atoms. The topological polar surface area (TPSA) is 78.4 Å². The van der Waals surface area contributed by atoms with Crippen LogP contribution in [0.15, 0.2) is 30.4 Å². The molecule has 2 amide bonds. The van der Waals surface area contributed by atoms with E-state index >= 15 is 0 Å². The van der Waals surface area contributed by atoms with Crippen LogP contribution >= 0.6 is 23.2 Å². The Kier molecular flexibility index (Phi) is 4.52. The van der Waals surface area contributed by atoms with Gasteiger partial charge in [-0.05, 0) is 24.6 Å². The van der Waals surface area contributed by atoms with Gasteiger partial charge in [-0.2, -0.15) is 0 Å². The number of rotatable bonds is 3. The number of anilines is 1. The summed E-state index contributed by atoms with van der Waals surface area (Å²) in [6.07, 6.45) is 3.60. The first-order valence-electron chi connectivity index (χ1n) is 5.89. The van der Waals surface area contributed by atoms with Crippen LogP contribution in [0.1, 0.15) is 6.42 Å². The zero-order valence-corrected chi connectivity index (χ0v) is 11.8. The standard InChI is InChI=1S/C13H12Cl2N2O3/c14-10-4-3-9(6-11(10)15)17-13(20)16-8-2-1-7(5-8)12(18)19/h1-4,6-8H,5H2,(H,18,19)(H2,16,17,20). The molecule has 0 spiro atoms. The van der Waals surface area contributed by atoms with Crippen molar-refractivity contribution in [2.75, 3.05) is 5.32 Å². The Bertz CT molecular complexity index is 575. The maximum atomic E-state index is 11.8. The summed E-state index contributed by atoms with van der Waals surface area (Å²) in [7, 11) is 0. The van der Waals surface area contributed by atoms with E-state index in [2.05, 4.69) is 10.6 Å². The van der Waals surface area contributed by atoms with Crippen LogP contribution < -0.4 is 10.6 Å². The van der Waals surface area contributed by atoms with E-state index in [1.165, 1.54) is 6.07 Å². The number of carbonyl (C=O) groups excluding carboxylic acids is 1. The fraction of sp³-hybridized carbons (Fsp3) is 0.231. The zero-order valence-electron chi connectivity index (χ0n) is 10.3. The van der Waals surface area contributed by atoms with E-state index in [0.717, 1.165) is 0 Å². The highest BCUT2D eigenvalue weighted by atomic mass is 35.5. The van der Waals surface area contributed by atoms with Crippen molar-refractivity contribution in [3.63, 3.8) is 0 Å². The lowest BCUT2D eigenvalue weighted by Gasteiger charge is -2.13. The van der Waals surface area contributed by atoms with Gasteiger partial charge in [0, 0.05) is 5.69 Å². The monoisotopic (exact) mass is 314 g/mol. The second-order valence-corrected chi connectivity index (χ2v) is 5.21. The summed E-state index contributed by atoms with van der Waals surface area (Å²) in [5.41, 5.74) is 0.508. The summed E-state index contributed by atoms with van der Waals surface area (Å²) in [4.78, 5) is 22.5. The smallest absolute Gasteiger partial charge is 0.319 e. The van der Waals surface area contributed by atoms with E-state index in [4.69, 9.17) is 28.3 Å². The molecule has 0 saturated carbocycles. The predicted octanol–water partition coefficient (Wildman–Crippen LogP) is 3.14. The van der Waals surface area contributed by atoms with Crippen molar-refractivity contribution in [1.82, 2.24) is 5.32 Å². The number of nitrogens with one attached hydrogen (secondary N) is 2. The Morgan fingerprint density at radius 3 is 2.55 bits per heavy atom. The average Bonchev–Trinajstić information content (AvgIpc) is 2.82. The second-order valence-electron chi connectivity index (χ2n) is 4.40. The molecule has 7 heteroatoms. The third-order valence-corrected chi connectivity index (χ3v) is 3.63. The van der Waals surface area contributed by atoms with Crippen molar-refractivity contribution in [1.29, 1.82) is 0 Å². The number of hydrogen-bond acceptors (Lipinski definition) is 2. The Morgan fingerprint density at radius 2 is 1.95 bits per heavy atom. The molecule has 1 aliphatic rings. The average molecular weight is 315 g/mol. The van der Waals surface area contributed by atoms with Gasteiger partial charge in [0.1, 0.15) is 0 Å². The van der Waals surface area contributed by atoms with Crippen molar-refractivity contribution < 1.29 is 14.7 Å². The minimum atomic E-state index is -0.893. The van der Waals surface area contributed by atoms with Crippen molar-refractivity contribution in [3.05, 3.63) is 40.4 Å². The van der Waals surface area contributed by atoms with Gasteiger partial charge in [-0.15, -0.1) is 0 Å². The summed E-state index contributed by atoms with van der Waals surface area (Å²) >= 11 is 11.6. The molecule has 3 N–H and O–H groups in total. The van der Waals surface area contributed by atoms with Gasteiger partial charge in [-0.3, -0.25) is 4.79 Å². The molecule has 0 radical (unpaired) electrons. The maximum Gasteiger partial charge on any atom is 0.319 e. The van der Waals surface area contributed by atoms with Gasteiger partial charge in [-0.25, -0.2) is 4.79 Å². The highest BCUT2D eigenvalue weighted by molar-refractivity contribution is 6.42. The molecular formula is C13H12Cl2N2O3. The van der Waals surface area contributed by atoms with Crippen LogP contribution in [0, 0.1) is 5.92 Å². The largest absolute Gasteiger partial charge is 0.481 e. The molecule has 20 heavy (non-hydrogen) atoms. The predicted molar refractivity (Wildman–Crippen MR) is 77.3 cm³/mol. The van der Waals surface area contributed by atoms with Gasteiger partial charge in [-0.1, -0.05) is 35.4 Å². The minimum Gasteiger partial charge on any atom is -0.481 e. The van der Waals surface area contributed by atoms with E-state index in [0.29, 0.717) is 22.2 Å². The van der Waals surface area contributed by atoms with Crippen molar-refractivity contribution in [2.45, 2.75) is 12.5 Å². The highest BCUT2D eigenvalue weighted by Crippen LogP contribution is 2.25. The second kappa shape index (κ2) is 6.15. The third kappa shape index (κ3) is 3.65. The van der Waals surface area contributed by atoms with Crippen LogP contribution in [0.25, 0.3) is 0 Å². The maximum absolute atomic E-state index is 11.8. The molecule has 1 aliphatic carbocycles. The summed E-state index contributed by atoms with van der Waals surface area (Å²) in [5.74, 6) is -1.44. The molecule has 0 aromatic heterocycles.